The number of piperazine rings is 1. The second-order valence-corrected chi connectivity index (χ2v) is 9.85. The summed E-state index contributed by atoms with van der Waals surface area (Å²) in [5, 5.41) is 11.0. The van der Waals surface area contributed by atoms with Crippen LogP contribution >= 0.6 is 0 Å². The normalized spacial score (nSPS) is 15.8. The lowest BCUT2D eigenvalue weighted by Crippen LogP contribution is -2.45. The van der Waals surface area contributed by atoms with Gasteiger partial charge in [-0.2, -0.15) is 4.98 Å². The quantitative estimate of drug-likeness (QED) is 0.536. The maximum absolute atomic E-state index is 13.1. The van der Waals surface area contributed by atoms with Crippen molar-refractivity contribution in [2.75, 3.05) is 44.7 Å². The molecule has 0 saturated carbocycles. The molecule has 190 valence electrons. The second-order valence-electron chi connectivity index (χ2n) is 9.85. The first kappa shape index (κ1) is 25.0. The van der Waals surface area contributed by atoms with E-state index >= 15 is 0 Å². The van der Waals surface area contributed by atoms with Gasteiger partial charge in [0.25, 0.3) is 5.56 Å². The molecule has 0 amide bonds. The summed E-state index contributed by atoms with van der Waals surface area (Å²) in [6.45, 7) is 9.60. The number of fused-ring (bicyclic) bond motifs is 1. The molecule has 1 saturated heterocycles. The van der Waals surface area contributed by atoms with Crippen molar-refractivity contribution in [2.45, 2.75) is 39.3 Å². The SMILES string of the molecule is Cc1ccc(C(C)C)c(OC[C@H](O)Cn2c(N3CCN(C)CC3)nc3c2c(=O)n(C)c(=O)n3C)c1. The minimum absolute atomic E-state index is 0.0666. The lowest BCUT2D eigenvalue weighted by atomic mass is 10.0. The zero-order chi connectivity index (χ0) is 25.4. The van der Waals surface area contributed by atoms with Gasteiger partial charge >= 0.3 is 5.69 Å². The van der Waals surface area contributed by atoms with Gasteiger partial charge in [0.05, 0.1) is 6.54 Å². The number of likely N-dealkylation sites (N-methyl/N-ethyl adjacent to an activating group) is 1. The van der Waals surface area contributed by atoms with Gasteiger partial charge in [-0.15, -0.1) is 0 Å². The largest absolute Gasteiger partial charge is 0.491 e. The molecule has 10 nitrogen and oxygen atoms in total. The first-order valence-electron chi connectivity index (χ1n) is 12.1. The molecule has 35 heavy (non-hydrogen) atoms. The number of nitrogens with zero attached hydrogens (tertiary/aromatic N) is 6. The smallest absolute Gasteiger partial charge is 0.332 e. The number of anilines is 1. The van der Waals surface area contributed by atoms with Crippen LogP contribution in [-0.2, 0) is 20.6 Å². The minimum atomic E-state index is -0.888. The zero-order valence-electron chi connectivity index (χ0n) is 21.5. The highest BCUT2D eigenvalue weighted by Gasteiger charge is 2.26. The van der Waals surface area contributed by atoms with Crippen LogP contribution in [0, 0.1) is 6.92 Å². The highest BCUT2D eigenvalue weighted by Crippen LogP contribution is 2.28. The van der Waals surface area contributed by atoms with Crippen molar-refractivity contribution < 1.29 is 9.84 Å². The first-order valence-corrected chi connectivity index (χ1v) is 12.1. The molecule has 4 rings (SSSR count). The number of aryl methyl sites for hydroxylation is 2. The molecule has 3 heterocycles. The number of benzene rings is 1. The molecule has 2 aromatic heterocycles. The van der Waals surface area contributed by atoms with Crippen LogP contribution < -0.4 is 20.9 Å². The molecule has 0 aliphatic carbocycles. The van der Waals surface area contributed by atoms with Crippen LogP contribution in [0.4, 0.5) is 5.95 Å². The van der Waals surface area contributed by atoms with E-state index in [1.165, 1.54) is 11.6 Å². The Hall–Kier alpha value is -3.11. The Labute approximate surface area is 205 Å². The van der Waals surface area contributed by atoms with Crippen molar-refractivity contribution in [2.24, 2.45) is 14.1 Å². The van der Waals surface area contributed by atoms with E-state index in [4.69, 9.17) is 9.72 Å². The van der Waals surface area contributed by atoms with Gasteiger partial charge in [-0.1, -0.05) is 26.0 Å². The van der Waals surface area contributed by atoms with Crippen LogP contribution in [0.25, 0.3) is 11.2 Å². The fourth-order valence-electron chi connectivity index (χ4n) is 4.55. The topological polar surface area (TPSA) is 97.8 Å². The zero-order valence-corrected chi connectivity index (χ0v) is 21.5. The maximum Gasteiger partial charge on any atom is 0.332 e. The summed E-state index contributed by atoms with van der Waals surface area (Å²) in [6, 6.07) is 6.09. The Bertz CT molecular complexity index is 1330. The number of aliphatic hydroxyl groups excluding tert-OH is 1. The molecule has 1 aromatic carbocycles. The Morgan fingerprint density at radius 2 is 1.74 bits per heavy atom. The monoisotopic (exact) mass is 484 g/mol. The summed E-state index contributed by atoms with van der Waals surface area (Å²) >= 11 is 0. The standard InChI is InChI=1S/C25H36N6O4/c1-16(2)19-8-7-17(3)13-20(19)35-15-18(32)14-31-21-22(28(5)25(34)29(6)23(21)33)26-24(31)30-11-9-27(4)10-12-30/h7-8,13,16,18,32H,9-12,14-15H2,1-6H3/t18-/m1/s1. The summed E-state index contributed by atoms with van der Waals surface area (Å²) in [5.41, 5.74) is 1.94. The molecule has 1 fully saturated rings. The number of hydrogen-bond acceptors (Lipinski definition) is 7. The average Bonchev–Trinajstić information content (AvgIpc) is 3.19. The van der Waals surface area contributed by atoms with E-state index in [-0.39, 0.29) is 19.1 Å². The Morgan fingerprint density at radius 3 is 2.40 bits per heavy atom. The molecule has 0 unspecified atom stereocenters. The van der Waals surface area contributed by atoms with Crippen LogP contribution in [0.3, 0.4) is 0 Å². The van der Waals surface area contributed by atoms with Crippen molar-refractivity contribution in [3.05, 3.63) is 50.2 Å². The summed E-state index contributed by atoms with van der Waals surface area (Å²) in [6.07, 6.45) is -0.888. The van der Waals surface area contributed by atoms with Crippen molar-refractivity contribution in [3.8, 4) is 5.75 Å². The highest BCUT2D eigenvalue weighted by atomic mass is 16.5. The number of imidazole rings is 1. The third-order valence-electron chi connectivity index (χ3n) is 6.73. The highest BCUT2D eigenvalue weighted by molar-refractivity contribution is 5.74. The Morgan fingerprint density at radius 1 is 1.06 bits per heavy atom. The summed E-state index contributed by atoms with van der Waals surface area (Å²) < 4.78 is 10.3. The average molecular weight is 485 g/mol. The van der Waals surface area contributed by atoms with E-state index in [0.717, 1.165) is 47.6 Å². The van der Waals surface area contributed by atoms with Crippen LogP contribution in [0.5, 0.6) is 5.75 Å². The van der Waals surface area contributed by atoms with E-state index in [9.17, 15) is 14.7 Å². The molecule has 1 atom stereocenters. The predicted molar refractivity (Wildman–Crippen MR) is 137 cm³/mol. The van der Waals surface area contributed by atoms with Gasteiger partial charge in [0.15, 0.2) is 11.2 Å². The van der Waals surface area contributed by atoms with Crippen LogP contribution in [0.1, 0.15) is 30.9 Å². The van der Waals surface area contributed by atoms with E-state index in [2.05, 4.69) is 42.8 Å². The number of hydrogen-bond donors (Lipinski definition) is 1. The number of aromatic nitrogens is 4. The van der Waals surface area contributed by atoms with E-state index in [1.807, 2.05) is 13.0 Å². The molecule has 1 N–H and O–H groups in total. The number of rotatable bonds is 7. The van der Waals surface area contributed by atoms with Crippen molar-refractivity contribution >= 4 is 17.1 Å². The fourth-order valence-corrected chi connectivity index (χ4v) is 4.55. The lowest BCUT2D eigenvalue weighted by molar-refractivity contribution is 0.0929. The van der Waals surface area contributed by atoms with Crippen LogP contribution in [0.2, 0.25) is 0 Å². The molecule has 0 spiro atoms. The maximum atomic E-state index is 13.1. The van der Waals surface area contributed by atoms with E-state index < -0.39 is 17.4 Å². The van der Waals surface area contributed by atoms with Gasteiger partial charge in [-0.3, -0.25) is 13.9 Å². The van der Waals surface area contributed by atoms with Gasteiger partial charge in [0.2, 0.25) is 5.95 Å². The van der Waals surface area contributed by atoms with Crippen molar-refractivity contribution in [1.82, 2.24) is 23.6 Å². The summed E-state index contributed by atoms with van der Waals surface area (Å²) in [4.78, 5) is 34.7. The molecular formula is C25H36N6O4. The molecule has 1 aliphatic rings. The van der Waals surface area contributed by atoms with Gasteiger partial charge in [0.1, 0.15) is 18.5 Å². The van der Waals surface area contributed by atoms with Gasteiger partial charge in [-0.25, -0.2) is 4.79 Å². The minimum Gasteiger partial charge on any atom is -0.491 e. The van der Waals surface area contributed by atoms with Gasteiger partial charge in [0, 0.05) is 40.3 Å². The molecule has 0 bridgehead atoms. The lowest BCUT2D eigenvalue weighted by Gasteiger charge is -2.33. The van der Waals surface area contributed by atoms with Crippen molar-refractivity contribution in [1.29, 1.82) is 0 Å². The third-order valence-corrected chi connectivity index (χ3v) is 6.73. The molecule has 10 heteroatoms. The summed E-state index contributed by atoms with van der Waals surface area (Å²) in [7, 11) is 5.14. The molecular weight excluding hydrogens is 448 g/mol. The summed E-state index contributed by atoms with van der Waals surface area (Å²) in [5.74, 6) is 1.63. The third kappa shape index (κ3) is 4.85. The first-order chi connectivity index (χ1) is 16.6. The van der Waals surface area contributed by atoms with Gasteiger partial charge in [-0.05, 0) is 37.1 Å². The Kier molecular flexibility index (Phi) is 7.05. The van der Waals surface area contributed by atoms with Crippen LogP contribution in [-0.4, -0.2) is 74.6 Å². The number of ether oxygens (including phenoxy) is 1. The van der Waals surface area contributed by atoms with Crippen LogP contribution in [0.15, 0.2) is 27.8 Å². The van der Waals surface area contributed by atoms with Crippen molar-refractivity contribution in [3.63, 3.8) is 0 Å². The predicted octanol–water partition coefficient (Wildman–Crippen LogP) is 1.06. The molecule has 1 aliphatic heterocycles. The van der Waals surface area contributed by atoms with E-state index in [0.29, 0.717) is 17.1 Å². The molecule has 3 aromatic rings. The molecule has 0 radical (unpaired) electrons. The fraction of sp³-hybridized carbons (Fsp3) is 0.560. The second kappa shape index (κ2) is 9.87. The number of aliphatic hydroxyl groups is 1. The Balaban J connectivity index is 1.68. The van der Waals surface area contributed by atoms with E-state index in [1.54, 1.807) is 11.6 Å². The van der Waals surface area contributed by atoms with Gasteiger partial charge < -0.3 is 24.2 Å².